The molecule has 1 aliphatic heterocycles. The van der Waals surface area contributed by atoms with E-state index in [9.17, 15) is 4.79 Å². The van der Waals surface area contributed by atoms with Crippen molar-refractivity contribution in [2.24, 2.45) is 5.92 Å². The number of nitrogens with one attached hydrogen (secondary N) is 1. The van der Waals surface area contributed by atoms with Gasteiger partial charge in [-0.15, -0.1) is 0 Å². The summed E-state index contributed by atoms with van der Waals surface area (Å²) in [5, 5.41) is 3.49. The minimum atomic E-state index is -0.370. The van der Waals surface area contributed by atoms with Crippen molar-refractivity contribution in [1.29, 1.82) is 0 Å². The zero-order valence-electron chi connectivity index (χ0n) is 17.4. The number of rotatable bonds is 7. The molecule has 0 spiro atoms. The Morgan fingerprint density at radius 2 is 1.93 bits per heavy atom. The number of benzene rings is 2. The van der Waals surface area contributed by atoms with Gasteiger partial charge in [-0.1, -0.05) is 32.0 Å². The van der Waals surface area contributed by atoms with E-state index in [2.05, 4.69) is 19.2 Å². The lowest BCUT2D eigenvalue weighted by molar-refractivity contribution is 0.0651. The Morgan fingerprint density at radius 3 is 2.67 bits per heavy atom. The predicted octanol–water partition coefficient (Wildman–Crippen LogP) is 5.09. The number of anilines is 1. The standard InChI is InChI=1S/C24H26N2O4/c1-16(2)15-30-21-11-10-17(13-22(21)28-3)23-25-20-9-5-4-8-19(20)24(27)26(23)14-18-7-6-12-29-18/h4-13,16,23,25H,14-15H2,1-3H3/t23-/m0/s1. The van der Waals surface area contributed by atoms with Crippen molar-refractivity contribution in [2.75, 3.05) is 19.0 Å². The third-order valence-corrected chi connectivity index (χ3v) is 5.00. The number of nitrogens with zero attached hydrogens (tertiary/aromatic N) is 1. The van der Waals surface area contributed by atoms with Crippen molar-refractivity contribution < 1.29 is 18.7 Å². The summed E-state index contributed by atoms with van der Waals surface area (Å²) in [5.74, 6) is 2.41. The van der Waals surface area contributed by atoms with Crippen molar-refractivity contribution in [3.05, 3.63) is 77.7 Å². The van der Waals surface area contributed by atoms with Gasteiger partial charge < -0.3 is 24.1 Å². The maximum Gasteiger partial charge on any atom is 0.258 e. The molecule has 0 unspecified atom stereocenters. The SMILES string of the molecule is COc1cc([C@H]2Nc3ccccc3C(=O)N2Cc2ccco2)ccc1OCC(C)C. The number of fused-ring (bicyclic) bond motifs is 1. The van der Waals surface area contributed by atoms with Crippen LogP contribution in [-0.4, -0.2) is 24.5 Å². The number of carbonyl (C=O) groups is 1. The molecule has 4 rings (SSSR count). The molecule has 0 fully saturated rings. The smallest absolute Gasteiger partial charge is 0.258 e. The molecule has 6 heteroatoms. The number of methoxy groups -OCH3 is 1. The molecule has 0 saturated carbocycles. The molecule has 1 aromatic heterocycles. The minimum absolute atomic E-state index is 0.0511. The summed E-state index contributed by atoms with van der Waals surface area (Å²) in [4.78, 5) is 15.1. The van der Waals surface area contributed by atoms with Gasteiger partial charge in [-0.25, -0.2) is 0 Å². The Labute approximate surface area is 176 Å². The fourth-order valence-corrected chi connectivity index (χ4v) is 3.52. The molecule has 1 amide bonds. The molecule has 30 heavy (non-hydrogen) atoms. The van der Waals surface area contributed by atoms with Crippen LogP contribution >= 0.6 is 0 Å². The zero-order chi connectivity index (χ0) is 21.1. The van der Waals surface area contributed by atoms with Crippen LogP contribution in [0.5, 0.6) is 11.5 Å². The fourth-order valence-electron chi connectivity index (χ4n) is 3.52. The number of carbonyl (C=O) groups excluding carboxylic acids is 1. The van der Waals surface area contributed by atoms with E-state index in [-0.39, 0.29) is 12.1 Å². The van der Waals surface area contributed by atoms with Gasteiger partial charge >= 0.3 is 0 Å². The summed E-state index contributed by atoms with van der Waals surface area (Å²) in [6, 6.07) is 17.0. The van der Waals surface area contributed by atoms with Crippen LogP contribution in [0.3, 0.4) is 0 Å². The second-order valence-electron chi connectivity index (χ2n) is 7.72. The van der Waals surface area contributed by atoms with E-state index in [4.69, 9.17) is 13.9 Å². The van der Waals surface area contributed by atoms with Crippen molar-refractivity contribution >= 4 is 11.6 Å². The van der Waals surface area contributed by atoms with Crippen LogP contribution in [0.2, 0.25) is 0 Å². The van der Waals surface area contributed by atoms with E-state index in [1.807, 2.05) is 54.6 Å². The van der Waals surface area contributed by atoms with Gasteiger partial charge in [-0.05, 0) is 47.9 Å². The van der Waals surface area contributed by atoms with E-state index in [0.717, 1.165) is 17.0 Å². The fraction of sp³-hybridized carbons (Fsp3) is 0.292. The molecule has 1 aliphatic rings. The first kappa shape index (κ1) is 19.9. The first-order valence-electron chi connectivity index (χ1n) is 10.1. The maximum absolute atomic E-state index is 13.3. The molecule has 1 atom stereocenters. The molecule has 6 nitrogen and oxygen atoms in total. The van der Waals surface area contributed by atoms with Gasteiger partial charge in [0.25, 0.3) is 5.91 Å². The number of para-hydroxylation sites is 1. The predicted molar refractivity (Wildman–Crippen MR) is 115 cm³/mol. The average Bonchev–Trinajstić information content (AvgIpc) is 3.27. The lowest BCUT2D eigenvalue weighted by Gasteiger charge is -2.38. The molecular formula is C24H26N2O4. The molecular weight excluding hydrogens is 380 g/mol. The van der Waals surface area contributed by atoms with Crippen molar-refractivity contribution in [3.8, 4) is 11.5 Å². The quantitative estimate of drug-likeness (QED) is 0.592. The number of furan rings is 1. The molecule has 156 valence electrons. The molecule has 2 aromatic carbocycles. The van der Waals surface area contributed by atoms with Crippen LogP contribution in [0, 0.1) is 5.92 Å². The normalized spacial score (nSPS) is 15.7. The van der Waals surface area contributed by atoms with E-state index < -0.39 is 0 Å². The third kappa shape index (κ3) is 3.99. The number of hydrogen-bond donors (Lipinski definition) is 1. The monoisotopic (exact) mass is 406 g/mol. The second kappa shape index (κ2) is 8.53. The van der Waals surface area contributed by atoms with E-state index >= 15 is 0 Å². The summed E-state index contributed by atoms with van der Waals surface area (Å²) in [7, 11) is 1.62. The largest absolute Gasteiger partial charge is 0.493 e. The Bertz CT molecular complexity index is 1010. The Morgan fingerprint density at radius 1 is 1.10 bits per heavy atom. The van der Waals surface area contributed by atoms with Gasteiger partial charge in [0.2, 0.25) is 0 Å². The van der Waals surface area contributed by atoms with Gasteiger partial charge in [-0.3, -0.25) is 4.79 Å². The third-order valence-electron chi connectivity index (χ3n) is 5.00. The van der Waals surface area contributed by atoms with Crippen LogP contribution in [0.1, 0.15) is 41.7 Å². The highest BCUT2D eigenvalue weighted by atomic mass is 16.5. The summed E-state index contributed by atoms with van der Waals surface area (Å²) in [5.41, 5.74) is 2.35. The van der Waals surface area contributed by atoms with Crippen molar-refractivity contribution in [3.63, 3.8) is 0 Å². The van der Waals surface area contributed by atoms with Crippen LogP contribution in [0.25, 0.3) is 0 Å². The van der Waals surface area contributed by atoms with Crippen LogP contribution in [-0.2, 0) is 6.54 Å². The second-order valence-corrected chi connectivity index (χ2v) is 7.72. The summed E-state index contributed by atoms with van der Waals surface area (Å²) >= 11 is 0. The Kier molecular flexibility index (Phi) is 5.65. The highest BCUT2D eigenvalue weighted by molar-refractivity contribution is 6.01. The van der Waals surface area contributed by atoms with Gasteiger partial charge in [-0.2, -0.15) is 0 Å². The van der Waals surface area contributed by atoms with Crippen LogP contribution in [0.15, 0.2) is 65.3 Å². The molecule has 0 radical (unpaired) electrons. The molecule has 2 heterocycles. The highest BCUT2D eigenvalue weighted by Crippen LogP contribution is 2.37. The number of hydrogen-bond acceptors (Lipinski definition) is 5. The first-order valence-corrected chi connectivity index (χ1v) is 10.1. The van der Waals surface area contributed by atoms with Crippen LogP contribution in [0.4, 0.5) is 5.69 Å². The Hall–Kier alpha value is -3.41. The molecule has 0 saturated heterocycles. The first-order chi connectivity index (χ1) is 14.6. The molecule has 3 aromatic rings. The van der Waals surface area contributed by atoms with Gasteiger partial charge in [0.05, 0.1) is 32.1 Å². The van der Waals surface area contributed by atoms with Gasteiger partial charge in [0, 0.05) is 5.69 Å². The van der Waals surface area contributed by atoms with Crippen LogP contribution < -0.4 is 14.8 Å². The van der Waals surface area contributed by atoms with Crippen molar-refractivity contribution in [1.82, 2.24) is 4.90 Å². The summed E-state index contributed by atoms with van der Waals surface area (Å²) in [6.45, 7) is 5.16. The van der Waals surface area contributed by atoms with E-state index in [0.29, 0.717) is 36.1 Å². The minimum Gasteiger partial charge on any atom is -0.493 e. The molecule has 1 N–H and O–H groups in total. The topological polar surface area (TPSA) is 63.9 Å². The van der Waals surface area contributed by atoms with E-state index in [1.165, 1.54) is 0 Å². The maximum atomic E-state index is 13.3. The van der Waals surface area contributed by atoms with Crippen molar-refractivity contribution in [2.45, 2.75) is 26.6 Å². The zero-order valence-corrected chi connectivity index (χ0v) is 17.4. The average molecular weight is 406 g/mol. The van der Waals surface area contributed by atoms with E-state index in [1.54, 1.807) is 18.3 Å². The summed E-state index contributed by atoms with van der Waals surface area (Å²) in [6.07, 6.45) is 1.25. The lowest BCUT2D eigenvalue weighted by Crippen LogP contribution is -2.42. The van der Waals surface area contributed by atoms with Gasteiger partial charge in [0.15, 0.2) is 11.5 Å². The Balaban J connectivity index is 1.70. The summed E-state index contributed by atoms with van der Waals surface area (Å²) < 4.78 is 17.0. The number of amides is 1. The molecule has 0 aliphatic carbocycles. The number of ether oxygens (including phenoxy) is 2. The van der Waals surface area contributed by atoms with Gasteiger partial charge in [0.1, 0.15) is 11.9 Å². The highest BCUT2D eigenvalue weighted by Gasteiger charge is 2.33. The lowest BCUT2D eigenvalue weighted by atomic mass is 10.0. The molecule has 0 bridgehead atoms.